The lowest BCUT2D eigenvalue weighted by molar-refractivity contribution is 0.602. The number of anilines is 1. The van der Waals surface area contributed by atoms with E-state index < -0.39 is 9.84 Å². The average molecular weight is 226 g/mol. The first-order chi connectivity index (χ1) is 6.86. The van der Waals surface area contributed by atoms with Gasteiger partial charge in [-0.25, -0.2) is 8.42 Å². The van der Waals surface area contributed by atoms with E-state index in [0.29, 0.717) is 17.0 Å². The second kappa shape index (κ2) is 4.02. The van der Waals surface area contributed by atoms with Crippen molar-refractivity contribution in [3.05, 3.63) is 23.8 Å². The van der Waals surface area contributed by atoms with E-state index in [1.165, 1.54) is 12.3 Å². The Labute approximate surface area is 89.8 Å². The molecule has 1 aromatic rings. The molecular formula is C10H14N2O2S. The lowest BCUT2D eigenvalue weighted by Gasteiger charge is -2.09. The molecule has 1 aromatic carbocycles. The predicted octanol–water partition coefficient (Wildman–Crippen LogP) is 1.52. The minimum absolute atomic E-state index is 0.261. The fourth-order valence-corrected chi connectivity index (χ4v) is 1.94. The monoisotopic (exact) mass is 226 g/mol. The Morgan fingerprint density at radius 3 is 2.40 bits per heavy atom. The van der Waals surface area contributed by atoms with E-state index in [1.54, 1.807) is 26.1 Å². The summed E-state index contributed by atoms with van der Waals surface area (Å²) in [5.41, 5.74) is 1.77. The Hall–Kier alpha value is -1.36. The van der Waals surface area contributed by atoms with Crippen LogP contribution in [0.3, 0.4) is 0 Å². The number of hydrogen-bond donors (Lipinski definition) is 2. The summed E-state index contributed by atoms with van der Waals surface area (Å²) in [4.78, 5) is 0.261. The first-order valence-electron chi connectivity index (χ1n) is 4.43. The summed E-state index contributed by atoms with van der Waals surface area (Å²) in [6.45, 7) is 1.66. The van der Waals surface area contributed by atoms with Crippen LogP contribution in [0.5, 0.6) is 0 Å². The fourth-order valence-electron chi connectivity index (χ4n) is 1.29. The number of rotatable bonds is 3. The molecule has 0 atom stereocenters. The maximum atomic E-state index is 11.3. The third kappa shape index (κ3) is 2.56. The summed E-state index contributed by atoms with van der Waals surface area (Å²) in [5, 5.41) is 10.4. The van der Waals surface area contributed by atoms with Crippen LogP contribution in [-0.2, 0) is 9.84 Å². The van der Waals surface area contributed by atoms with Gasteiger partial charge in [0.25, 0.3) is 0 Å². The van der Waals surface area contributed by atoms with Crippen LogP contribution >= 0.6 is 0 Å². The normalized spacial score (nSPS) is 11.1. The highest BCUT2D eigenvalue weighted by Gasteiger charge is 2.10. The minimum atomic E-state index is -3.19. The number of hydrogen-bond acceptors (Lipinski definition) is 4. The Bertz CT molecular complexity index is 492. The molecule has 0 aliphatic rings. The zero-order valence-electron chi connectivity index (χ0n) is 8.96. The summed E-state index contributed by atoms with van der Waals surface area (Å²) in [5.74, 6) is 0. The van der Waals surface area contributed by atoms with Crippen LogP contribution in [0.25, 0.3) is 0 Å². The van der Waals surface area contributed by atoms with E-state index >= 15 is 0 Å². The summed E-state index contributed by atoms with van der Waals surface area (Å²) in [6.07, 6.45) is 1.17. The fraction of sp³-hybridized carbons (Fsp3) is 0.300. The second-order valence-corrected chi connectivity index (χ2v) is 5.37. The molecule has 0 radical (unpaired) electrons. The zero-order chi connectivity index (χ0) is 11.6. The van der Waals surface area contributed by atoms with Gasteiger partial charge in [0.1, 0.15) is 0 Å². The maximum Gasteiger partial charge on any atom is 0.175 e. The first kappa shape index (κ1) is 11.7. The van der Waals surface area contributed by atoms with Crippen LogP contribution in [-0.4, -0.2) is 27.4 Å². The van der Waals surface area contributed by atoms with Gasteiger partial charge in [0.2, 0.25) is 0 Å². The van der Waals surface area contributed by atoms with Crippen molar-refractivity contribution in [2.24, 2.45) is 0 Å². The van der Waals surface area contributed by atoms with E-state index in [-0.39, 0.29) is 4.90 Å². The lowest BCUT2D eigenvalue weighted by atomic mass is 10.1. The number of sulfone groups is 1. The molecule has 0 fully saturated rings. The molecule has 0 amide bonds. The van der Waals surface area contributed by atoms with Crippen molar-refractivity contribution in [1.29, 1.82) is 5.41 Å². The van der Waals surface area contributed by atoms with E-state index in [9.17, 15) is 8.42 Å². The molecule has 0 saturated carbocycles. The van der Waals surface area contributed by atoms with Gasteiger partial charge in [0.15, 0.2) is 9.84 Å². The van der Waals surface area contributed by atoms with Gasteiger partial charge in [-0.1, -0.05) is 0 Å². The van der Waals surface area contributed by atoms with Gasteiger partial charge in [-0.05, 0) is 25.1 Å². The van der Waals surface area contributed by atoms with Crippen LogP contribution < -0.4 is 5.32 Å². The first-order valence-corrected chi connectivity index (χ1v) is 6.33. The topological polar surface area (TPSA) is 70.0 Å². The molecule has 0 heterocycles. The van der Waals surface area contributed by atoms with E-state index in [0.717, 1.165) is 0 Å². The van der Waals surface area contributed by atoms with Crippen LogP contribution in [0, 0.1) is 5.41 Å². The molecule has 0 unspecified atom stereocenters. The minimum Gasteiger partial charge on any atom is -0.388 e. The molecule has 5 heteroatoms. The molecule has 0 aromatic heterocycles. The molecule has 1 rings (SSSR count). The molecule has 0 spiro atoms. The molecule has 0 aliphatic heterocycles. The molecule has 0 aliphatic carbocycles. The Kier molecular flexibility index (Phi) is 3.14. The van der Waals surface area contributed by atoms with Crippen molar-refractivity contribution < 1.29 is 8.42 Å². The van der Waals surface area contributed by atoms with Crippen LogP contribution in [0.2, 0.25) is 0 Å². The van der Waals surface area contributed by atoms with Crippen LogP contribution in [0.4, 0.5) is 5.69 Å². The van der Waals surface area contributed by atoms with Crippen molar-refractivity contribution in [3.8, 4) is 0 Å². The molecule has 2 N–H and O–H groups in total. The summed E-state index contributed by atoms with van der Waals surface area (Å²) in [6, 6.07) is 4.71. The smallest absolute Gasteiger partial charge is 0.175 e. The SMILES string of the molecule is CNc1cc(S(C)(=O)=O)ccc1C(C)=N. The highest BCUT2D eigenvalue weighted by atomic mass is 32.2. The van der Waals surface area contributed by atoms with E-state index in [4.69, 9.17) is 5.41 Å². The summed E-state index contributed by atoms with van der Waals surface area (Å²) < 4.78 is 22.6. The molecule has 82 valence electrons. The van der Waals surface area contributed by atoms with Crippen molar-refractivity contribution in [2.75, 3.05) is 18.6 Å². The molecule has 0 saturated heterocycles. The van der Waals surface area contributed by atoms with Gasteiger partial charge >= 0.3 is 0 Å². The summed E-state index contributed by atoms with van der Waals surface area (Å²) in [7, 11) is -1.49. The Morgan fingerprint density at radius 2 is 2.00 bits per heavy atom. The van der Waals surface area contributed by atoms with Crippen LogP contribution in [0.15, 0.2) is 23.1 Å². The Balaban J connectivity index is 3.38. The van der Waals surface area contributed by atoms with Crippen molar-refractivity contribution in [3.63, 3.8) is 0 Å². The summed E-state index contributed by atoms with van der Waals surface area (Å²) >= 11 is 0. The second-order valence-electron chi connectivity index (χ2n) is 3.35. The van der Waals surface area contributed by atoms with Crippen molar-refractivity contribution in [1.82, 2.24) is 0 Å². The van der Waals surface area contributed by atoms with Gasteiger partial charge in [-0.3, -0.25) is 0 Å². The molecule has 0 bridgehead atoms. The standard InChI is InChI=1S/C10H14N2O2S/c1-7(11)9-5-4-8(15(3,13)14)6-10(9)12-2/h4-6,11-12H,1-3H3. The van der Waals surface area contributed by atoms with Gasteiger partial charge in [0.05, 0.1) is 4.90 Å². The number of nitrogens with one attached hydrogen (secondary N) is 2. The quantitative estimate of drug-likeness (QED) is 0.768. The van der Waals surface area contributed by atoms with Gasteiger partial charge < -0.3 is 10.7 Å². The van der Waals surface area contributed by atoms with Gasteiger partial charge in [0, 0.05) is 30.3 Å². The maximum absolute atomic E-state index is 11.3. The Morgan fingerprint density at radius 1 is 1.40 bits per heavy atom. The van der Waals surface area contributed by atoms with E-state index in [1.807, 2.05) is 0 Å². The van der Waals surface area contributed by atoms with Crippen molar-refractivity contribution in [2.45, 2.75) is 11.8 Å². The highest BCUT2D eigenvalue weighted by molar-refractivity contribution is 7.90. The third-order valence-corrected chi connectivity index (χ3v) is 3.20. The molecule has 15 heavy (non-hydrogen) atoms. The molecular weight excluding hydrogens is 212 g/mol. The van der Waals surface area contributed by atoms with Gasteiger partial charge in [-0.15, -0.1) is 0 Å². The molecule has 4 nitrogen and oxygen atoms in total. The van der Waals surface area contributed by atoms with Gasteiger partial charge in [-0.2, -0.15) is 0 Å². The van der Waals surface area contributed by atoms with Crippen molar-refractivity contribution >= 4 is 21.2 Å². The number of benzene rings is 1. The zero-order valence-corrected chi connectivity index (χ0v) is 9.77. The third-order valence-electron chi connectivity index (χ3n) is 2.09. The van der Waals surface area contributed by atoms with E-state index in [2.05, 4.69) is 5.32 Å². The van der Waals surface area contributed by atoms with Crippen LogP contribution in [0.1, 0.15) is 12.5 Å². The highest BCUT2D eigenvalue weighted by Crippen LogP contribution is 2.20. The lowest BCUT2D eigenvalue weighted by Crippen LogP contribution is -2.04. The average Bonchev–Trinajstić information content (AvgIpc) is 2.15. The largest absolute Gasteiger partial charge is 0.388 e. The predicted molar refractivity (Wildman–Crippen MR) is 61.6 cm³/mol.